The van der Waals surface area contributed by atoms with Gasteiger partial charge in [0.2, 0.25) is 5.91 Å². The van der Waals surface area contributed by atoms with E-state index < -0.39 is 0 Å². The molecule has 1 fully saturated rings. The summed E-state index contributed by atoms with van der Waals surface area (Å²) in [7, 11) is 0. The van der Waals surface area contributed by atoms with Crippen LogP contribution >= 0.6 is 11.3 Å². The zero-order valence-electron chi connectivity index (χ0n) is 17.1. The molecule has 2 aromatic carbocycles. The molecule has 1 saturated heterocycles. The van der Waals surface area contributed by atoms with Gasteiger partial charge in [-0.2, -0.15) is 0 Å². The van der Waals surface area contributed by atoms with E-state index >= 15 is 0 Å². The predicted molar refractivity (Wildman–Crippen MR) is 124 cm³/mol. The van der Waals surface area contributed by atoms with E-state index in [1.807, 2.05) is 23.5 Å². The van der Waals surface area contributed by atoms with Crippen molar-refractivity contribution in [3.05, 3.63) is 53.4 Å². The molecule has 6 heteroatoms. The number of hydrogen-bond acceptors (Lipinski definition) is 5. The fourth-order valence-corrected chi connectivity index (χ4v) is 5.20. The van der Waals surface area contributed by atoms with Crippen molar-refractivity contribution in [2.75, 3.05) is 49.5 Å². The van der Waals surface area contributed by atoms with Crippen LogP contribution in [0.5, 0.6) is 5.75 Å². The van der Waals surface area contributed by atoms with Gasteiger partial charge in [0, 0.05) is 60.6 Å². The highest BCUT2D eigenvalue weighted by molar-refractivity contribution is 7.17. The first-order valence-corrected chi connectivity index (χ1v) is 11.6. The number of piperazine rings is 1. The number of nitrogens with one attached hydrogen (secondary N) is 1. The third-order valence-corrected chi connectivity index (χ3v) is 6.93. The van der Waals surface area contributed by atoms with Crippen LogP contribution in [-0.4, -0.2) is 50.1 Å². The van der Waals surface area contributed by atoms with Gasteiger partial charge in [-0.3, -0.25) is 9.69 Å². The van der Waals surface area contributed by atoms with Crippen LogP contribution in [0.15, 0.2) is 47.8 Å². The summed E-state index contributed by atoms with van der Waals surface area (Å²) in [6.07, 6.45) is 2.37. The maximum Gasteiger partial charge on any atom is 0.224 e. The van der Waals surface area contributed by atoms with Crippen LogP contribution in [0, 0.1) is 0 Å². The molecular weight excluding hydrogens is 394 g/mol. The van der Waals surface area contributed by atoms with E-state index in [0.29, 0.717) is 6.42 Å². The van der Waals surface area contributed by atoms with E-state index in [1.54, 1.807) is 0 Å². The smallest absolute Gasteiger partial charge is 0.224 e. The second kappa shape index (κ2) is 8.66. The number of fused-ring (bicyclic) bond motifs is 2. The second-order valence-electron chi connectivity index (χ2n) is 8.01. The van der Waals surface area contributed by atoms with Crippen molar-refractivity contribution in [1.29, 1.82) is 0 Å². The number of amides is 1. The van der Waals surface area contributed by atoms with E-state index in [1.165, 1.54) is 21.3 Å². The van der Waals surface area contributed by atoms with E-state index in [0.717, 1.165) is 63.6 Å². The van der Waals surface area contributed by atoms with Gasteiger partial charge in [-0.15, -0.1) is 11.3 Å². The van der Waals surface area contributed by atoms with Crippen LogP contribution in [0.4, 0.5) is 11.4 Å². The largest absolute Gasteiger partial charge is 0.494 e. The number of ether oxygens (including phenoxy) is 1. The SMILES string of the molecule is O=C1CCc2cc(OCCCN3CCN(c4cccc5sccc45)CC3)ccc2N1. The Morgan fingerprint density at radius 1 is 1.03 bits per heavy atom. The minimum absolute atomic E-state index is 0.100. The van der Waals surface area contributed by atoms with Crippen molar-refractivity contribution in [2.45, 2.75) is 19.3 Å². The van der Waals surface area contributed by atoms with Gasteiger partial charge < -0.3 is 15.0 Å². The molecule has 30 heavy (non-hydrogen) atoms. The minimum atomic E-state index is 0.100. The van der Waals surface area contributed by atoms with Gasteiger partial charge in [0.1, 0.15) is 5.75 Å². The summed E-state index contributed by atoms with van der Waals surface area (Å²) in [4.78, 5) is 16.5. The first-order valence-electron chi connectivity index (χ1n) is 10.8. The summed E-state index contributed by atoms with van der Waals surface area (Å²) in [5.41, 5.74) is 3.47. The third-order valence-electron chi connectivity index (χ3n) is 6.05. The molecule has 2 aliphatic rings. The molecule has 0 bridgehead atoms. The Bertz CT molecular complexity index is 1040. The van der Waals surface area contributed by atoms with Gasteiger partial charge in [0.05, 0.1) is 6.61 Å². The number of carbonyl (C=O) groups excluding carboxylic acids is 1. The number of benzene rings is 2. The maximum absolute atomic E-state index is 11.5. The number of carbonyl (C=O) groups is 1. The number of aryl methyl sites for hydroxylation is 1. The van der Waals surface area contributed by atoms with Crippen LogP contribution < -0.4 is 15.0 Å². The summed E-state index contributed by atoms with van der Waals surface area (Å²) in [6, 6.07) is 14.9. The van der Waals surface area contributed by atoms with Gasteiger partial charge in [-0.25, -0.2) is 0 Å². The summed E-state index contributed by atoms with van der Waals surface area (Å²) < 4.78 is 7.34. The Morgan fingerprint density at radius 2 is 1.93 bits per heavy atom. The van der Waals surface area contributed by atoms with Gasteiger partial charge in [0.15, 0.2) is 0 Å². The minimum Gasteiger partial charge on any atom is -0.494 e. The zero-order chi connectivity index (χ0) is 20.3. The van der Waals surface area contributed by atoms with E-state index in [4.69, 9.17) is 4.74 Å². The van der Waals surface area contributed by atoms with Gasteiger partial charge in [-0.1, -0.05) is 6.07 Å². The van der Waals surface area contributed by atoms with Crippen LogP contribution in [0.1, 0.15) is 18.4 Å². The van der Waals surface area contributed by atoms with Crippen LogP contribution in [0.3, 0.4) is 0 Å². The van der Waals surface area contributed by atoms with Crippen molar-refractivity contribution >= 4 is 38.7 Å². The molecule has 0 aliphatic carbocycles. The molecule has 0 atom stereocenters. The zero-order valence-corrected chi connectivity index (χ0v) is 17.9. The second-order valence-corrected chi connectivity index (χ2v) is 8.96. The summed E-state index contributed by atoms with van der Waals surface area (Å²) >= 11 is 1.82. The highest BCUT2D eigenvalue weighted by Gasteiger charge is 2.19. The van der Waals surface area contributed by atoms with E-state index in [2.05, 4.69) is 50.8 Å². The standard InChI is InChI=1S/C24H27N3O2S/c28-24-8-5-18-17-19(6-7-21(18)25-24)29-15-2-10-26-11-13-27(14-12-26)22-3-1-4-23-20(22)9-16-30-23/h1,3-4,6-7,9,16-17H,2,5,8,10-15H2,(H,25,28). The Hall–Kier alpha value is -2.57. The summed E-state index contributed by atoms with van der Waals surface area (Å²) in [5, 5.41) is 6.48. The first-order chi connectivity index (χ1) is 14.8. The quantitative estimate of drug-likeness (QED) is 0.600. The Kier molecular flexibility index (Phi) is 5.60. The summed E-state index contributed by atoms with van der Waals surface area (Å²) in [5.74, 6) is 1.00. The first kappa shape index (κ1) is 19.4. The van der Waals surface area contributed by atoms with Gasteiger partial charge >= 0.3 is 0 Å². The average molecular weight is 422 g/mol. The van der Waals surface area contributed by atoms with E-state index in [9.17, 15) is 4.79 Å². The number of rotatable bonds is 6. The van der Waals surface area contributed by atoms with Crippen molar-refractivity contribution in [3.8, 4) is 5.75 Å². The maximum atomic E-state index is 11.5. The molecule has 3 aromatic rings. The van der Waals surface area contributed by atoms with Crippen LogP contribution in [0.25, 0.3) is 10.1 Å². The normalized spacial score (nSPS) is 17.1. The predicted octanol–water partition coefficient (Wildman–Crippen LogP) is 4.38. The lowest BCUT2D eigenvalue weighted by atomic mass is 10.0. The molecule has 1 N–H and O–H groups in total. The van der Waals surface area contributed by atoms with Crippen LogP contribution in [-0.2, 0) is 11.2 Å². The lowest BCUT2D eigenvalue weighted by molar-refractivity contribution is -0.116. The fourth-order valence-electron chi connectivity index (χ4n) is 4.39. The molecule has 156 valence electrons. The molecule has 1 aromatic heterocycles. The highest BCUT2D eigenvalue weighted by Crippen LogP contribution is 2.31. The molecule has 5 rings (SSSR count). The van der Waals surface area contributed by atoms with Crippen molar-refractivity contribution in [1.82, 2.24) is 4.90 Å². The Labute approximate surface area is 181 Å². The number of thiophene rings is 1. The molecule has 5 nitrogen and oxygen atoms in total. The monoisotopic (exact) mass is 421 g/mol. The van der Waals surface area contributed by atoms with Crippen LogP contribution in [0.2, 0.25) is 0 Å². The topological polar surface area (TPSA) is 44.8 Å². The molecule has 0 radical (unpaired) electrons. The molecule has 1 amide bonds. The number of hydrogen-bond donors (Lipinski definition) is 1. The van der Waals surface area contributed by atoms with Gasteiger partial charge in [-0.05, 0) is 60.2 Å². The third kappa shape index (κ3) is 4.16. The van der Waals surface area contributed by atoms with Crippen molar-refractivity contribution < 1.29 is 9.53 Å². The molecular formula is C24H27N3O2S. The van der Waals surface area contributed by atoms with E-state index in [-0.39, 0.29) is 5.91 Å². The van der Waals surface area contributed by atoms with Crippen molar-refractivity contribution in [2.24, 2.45) is 0 Å². The summed E-state index contributed by atoms with van der Waals surface area (Å²) in [6.45, 7) is 6.13. The lowest BCUT2D eigenvalue weighted by Crippen LogP contribution is -2.46. The molecule has 0 spiro atoms. The van der Waals surface area contributed by atoms with Crippen molar-refractivity contribution in [3.63, 3.8) is 0 Å². The average Bonchev–Trinajstić information content (AvgIpc) is 3.26. The highest BCUT2D eigenvalue weighted by atomic mass is 32.1. The molecule has 3 heterocycles. The Morgan fingerprint density at radius 3 is 2.83 bits per heavy atom. The lowest BCUT2D eigenvalue weighted by Gasteiger charge is -2.36. The fraction of sp³-hybridized carbons (Fsp3) is 0.375. The number of nitrogens with zero attached hydrogens (tertiary/aromatic N) is 2. The molecule has 0 saturated carbocycles. The number of anilines is 2. The van der Waals surface area contributed by atoms with Gasteiger partial charge in [0.25, 0.3) is 0 Å². The molecule has 2 aliphatic heterocycles. The Balaban J connectivity index is 1.07. The molecule has 0 unspecified atom stereocenters.